The van der Waals surface area contributed by atoms with E-state index >= 15 is 0 Å². The molecule has 0 N–H and O–H groups in total. The number of ether oxygens (including phenoxy) is 9. The predicted octanol–water partition coefficient (Wildman–Crippen LogP) is 0.911. The quantitative estimate of drug-likeness (QED) is 0.0970. The summed E-state index contributed by atoms with van der Waals surface area (Å²) >= 11 is 0. The minimum Gasteiger partial charge on any atom is -0.444 e. The lowest BCUT2D eigenvalue weighted by Crippen LogP contribution is -2.36. The van der Waals surface area contributed by atoms with Gasteiger partial charge in [0.2, 0.25) is 0 Å². The number of hydrogen-bond donors (Lipinski definition) is 0. The van der Waals surface area contributed by atoms with E-state index in [4.69, 9.17) is 42.6 Å². The molecule has 0 aliphatic carbocycles. The van der Waals surface area contributed by atoms with Gasteiger partial charge in [0.25, 0.3) is 11.8 Å². The molecule has 0 aromatic carbocycles. The monoisotopic (exact) mass is 606 g/mol. The highest BCUT2D eigenvalue weighted by molar-refractivity contribution is 6.12. The lowest BCUT2D eigenvalue weighted by atomic mass is 10.2. The average Bonchev–Trinajstić information content (AvgIpc) is 3.26. The van der Waals surface area contributed by atoms with Gasteiger partial charge >= 0.3 is 6.09 Å². The van der Waals surface area contributed by atoms with Gasteiger partial charge in [-0.05, 0) is 20.8 Å². The van der Waals surface area contributed by atoms with E-state index in [0.717, 1.165) is 4.90 Å². The van der Waals surface area contributed by atoms with Crippen molar-refractivity contribution < 1.29 is 57.0 Å². The second-order valence-corrected chi connectivity index (χ2v) is 9.96. The van der Waals surface area contributed by atoms with Crippen LogP contribution in [0.15, 0.2) is 12.2 Å². The first-order valence-corrected chi connectivity index (χ1v) is 14.3. The van der Waals surface area contributed by atoms with Crippen molar-refractivity contribution in [3.63, 3.8) is 0 Å². The lowest BCUT2D eigenvalue weighted by Gasteiger charge is -2.24. The average molecular weight is 607 g/mol. The Morgan fingerprint density at radius 3 is 1.24 bits per heavy atom. The Hall–Kier alpha value is -2.17. The van der Waals surface area contributed by atoms with Gasteiger partial charge in [-0.2, -0.15) is 0 Å². The molecule has 0 radical (unpaired) electrons. The Balaban J connectivity index is 1.70. The standard InChI is InChI=1S/C28H50N2O12/c1-28(2,3)42-27(33)29(4)7-9-34-11-13-36-15-17-38-19-21-40-23-24-41-22-20-39-18-16-37-14-12-35-10-8-30-25(31)5-6-26(30)32/h5-6H,7-24H2,1-4H3. The fourth-order valence-electron chi connectivity index (χ4n) is 3.08. The Labute approximate surface area is 249 Å². The first-order chi connectivity index (χ1) is 20.2. The summed E-state index contributed by atoms with van der Waals surface area (Å²) in [5.74, 6) is -0.618. The molecule has 1 aliphatic rings. The number of imide groups is 1. The van der Waals surface area contributed by atoms with Gasteiger partial charge < -0.3 is 47.5 Å². The molecular formula is C28H50N2O12. The van der Waals surface area contributed by atoms with Crippen molar-refractivity contribution in [3.8, 4) is 0 Å². The smallest absolute Gasteiger partial charge is 0.410 e. The van der Waals surface area contributed by atoms with Crippen LogP contribution in [0.3, 0.4) is 0 Å². The van der Waals surface area contributed by atoms with Crippen molar-refractivity contribution in [2.24, 2.45) is 0 Å². The van der Waals surface area contributed by atoms with Crippen LogP contribution >= 0.6 is 0 Å². The molecule has 0 unspecified atom stereocenters. The van der Waals surface area contributed by atoms with E-state index in [1.54, 1.807) is 7.05 Å². The van der Waals surface area contributed by atoms with E-state index in [0.29, 0.717) is 106 Å². The number of rotatable bonds is 27. The summed E-state index contributed by atoms with van der Waals surface area (Å²) in [6, 6.07) is 0. The molecule has 14 nitrogen and oxygen atoms in total. The fraction of sp³-hybridized carbons (Fsp3) is 0.821. The van der Waals surface area contributed by atoms with Crippen LogP contribution in [-0.2, 0) is 52.2 Å². The molecule has 14 heteroatoms. The highest BCUT2D eigenvalue weighted by Gasteiger charge is 2.22. The van der Waals surface area contributed by atoms with Gasteiger partial charge in [0.1, 0.15) is 5.60 Å². The summed E-state index contributed by atoms with van der Waals surface area (Å²) in [6.07, 6.45) is 2.13. The number of amides is 3. The number of hydrogen-bond acceptors (Lipinski definition) is 12. The number of carbonyl (C=O) groups is 3. The summed E-state index contributed by atoms with van der Waals surface area (Å²) in [6.45, 7) is 13.2. The molecule has 1 aliphatic heterocycles. The van der Waals surface area contributed by atoms with E-state index in [2.05, 4.69) is 0 Å². The van der Waals surface area contributed by atoms with Crippen LogP contribution in [0, 0.1) is 0 Å². The molecular weight excluding hydrogens is 556 g/mol. The minimum absolute atomic E-state index is 0.237. The second kappa shape index (κ2) is 24.3. The third kappa shape index (κ3) is 21.5. The van der Waals surface area contributed by atoms with E-state index < -0.39 is 5.60 Å². The first-order valence-electron chi connectivity index (χ1n) is 14.3. The molecule has 0 aromatic rings. The minimum atomic E-state index is -0.514. The zero-order valence-corrected chi connectivity index (χ0v) is 25.7. The van der Waals surface area contributed by atoms with Gasteiger partial charge in [0.05, 0.1) is 112 Å². The molecule has 3 amide bonds. The van der Waals surface area contributed by atoms with Crippen LogP contribution in [-0.4, -0.2) is 159 Å². The maximum absolute atomic E-state index is 11.8. The van der Waals surface area contributed by atoms with E-state index in [9.17, 15) is 14.4 Å². The van der Waals surface area contributed by atoms with Gasteiger partial charge in [0.15, 0.2) is 0 Å². The molecule has 1 heterocycles. The fourth-order valence-corrected chi connectivity index (χ4v) is 3.08. The highest BCUT2D eigenvalue weighted by atomic mass is 16.6. The SMILES string of the molecule is CN(CCOCCOCCOCCOCCOCCOCCOCCOCCN1C(=O)C=CC1=O)C(=O)OC(C)(C)C. The van der Waals surface area contributed by atoms with Crippen LogP contribution in [0.25, 0.3) is 0 Å². The molecule has 0 bridgehead atoms. The van der Waals surface area contributed by atoms with Crippen LogP contribution in [0.2, 0.25) is 0 Å². The zero-order valence-electron chi connectivity index (χ0n) is 25.7. The van der Waals surface area contributed by atoms with Crippen molar-refractivity contribution >= 4 is 17.9 Å². The van der Waals surface area contributed by atoms with Gasteiger partial charge in [0, 0.05) is 25.7 Å². The van der Waals surface area contributed by atoms with Gasteiger partial charge in [-0.3, -0.25) is 14.5 Å². The Bertz CT molecular complexity index is 742. The molecule has 0 aromatic heterocycles. The summed E-state index contributed by atoms with van der Waals surface area (Å²) in [5, 5.41) is 0. The summed E-state index contributed by atoms with van der Waals surface area (Å²) in [7, 11) is 1.67. The molecule has 1 rings (SSSR count). The van der Waals surface area contributed by atoms with Crippen molar-refractivity contribution in [2.45, 2.75) is 26.4 Å². The van der Waals surface area contributed by atoms with E-state index in [1.165, 1.54) is 17.1 Å². The van der Waals surface area contributed by atoms with Gasteiger partial charge in [-0.25, -0.2) is 4.79 Å². The van der Waals surface area contributed by atoms with Crippen molar-refractivity contribution in [2.75, 3.05) is 126 Å². The Morgan fingerprint density at radius 1 is 0.595 bits per heavy atom. The third-order valence-corrected chi connectivity index (χ3v) is 5.24. The molecule has 0 saturated heterocycles. The summed E-state index contributed by atoms with van der Waals surface area (Å²) in [4.78, 5) is 37.2. The Kier molecular flexibility index (Phi) is 21.9. The molecule has 244 valence electrons. The molecule has 42 heavy (non-hydrogen) atoms. The molecule has 0 spiro atoms. The number of carbonyl (C=O) groups excluding carboxylic acids is 3. The van der Waals surface area contributed by atoms with E-state index in [1.807, 2.05) is 20.8 Å². The first kappa shape index (κ1) is 37.9. The van der Waals surface area contributed by atoms with Crippen LogP contribution in [0.4, 0.5) is 4.79 Å². The maximum Gasteiger partial charge on any atom is 0.410 e. The highest BCUT2D eigenvalue weighted by Crippen LogP contribution is 2.08. The molecule has 0 fully saturated rings. The normalized spacial score (nSPS) is 13.4. The summed E-state index contributed by atoms with van der Waals surface area (Å²) < 4.78 is 48.7. The number of likely N-dealkylation sites (N-methyl/N-ethyl adjacent to an activating group) is 1. The van der Waals surface area contributed by atoms with Crippen LogP contribution in [0.5, 0.6) is 0 Å². The topological polar surface area (TPSA) is 141 Å². The maximum atomic E-state index is 11.8. The van der Waals surface area contributed by atoms with Gasteiger partial charge in [-0.1, -0.05) is 0 Å². The van der Waals surface area contributed by atoms with Crippen molar-refractivity contribution in [1.82, 2.24) is 9.80 Å². The van der Waals surface area contributed by atoms with Crippen molar-refractivity contribution in [3.05, 3.63) is 12.2 Å². The van der Waals surface area contributed by atoms with Crippen molar-refractivity contribution in [1.29, 1.82) is 0 Å². The predicted molar refractivity (Wildman–Crippen MR) is 151 cm³/mol. The second-order valence-electron chi connectivity index (χ2n) is 9.96. The third-order valence-electron chi connectivity index (χ3n) is 5.24. The van der Waals surface area contributed by atoms with E-state index in [-0.39, 0.29) is 31.1 Å². The number of nitrogens with zero attached hydrogens (tertiary/aromatic N) is 2. The molecule has 0 atom stereocenters. The lowest BCUT2D eigenvalue weighted by molar-refractivity contribution is -0.137. The zero-order chi connectivity index (χ0) is 30.9. The Morgan fingerprint density at radius 2 is 0.905 bits per heavy atom. The van der Waals surface area contributed by atoms with Crippen LogP contribution < -0.4 is 0 Å². The van der Waals surface area contributed by atoms with Crippen LogP contribution in [0.1, 0.15) is 20.8 Å². The summed E-state index contributed by atoms with van der Waals surface area (Å²) in [5.41, 5.74) is -0.514. The largest absolute Gasteiger partial charge is 0.444 e. The van der Waals surface area contributed by atoms with Gasteiger partial charge in [-0.15, -0.1) is 0 Å². The molecule has 0 saturated carbocycles.